The summed E-state index contributed by atoms with van der Waals surface area (Å²) in [6.07, 6.45) is 3.49. The van der Waals surface area contributed by atoms with E-state index in [0.29, 0.717) is 10.7 Å². The lowest BCUT2D eigenvalue weighted by Crippen LogP contribution is -2.43. The normalized spacial score (nSPS) is 37.8. The number of imide groups is 1. The molecule has 0 saturated carbocycles. The van der Waals surface area contributed by atoms with Crippen molar-refractivity contribution in [3.8, 4) is 0 Å². The number of rotatable bonds is 2. The minimum Gasteiger partial charge on any atom is -0.393 e. The molecule has 3 aliphatic rings. The van der Waals surface area contributed by atoms with Crippen LogP contribution in [0.15, 0.2) is 30.4 Å². The molecule has 120 valence electrons. The van der Waals surface area contributed by atoms with Gasteiger partial charge in [0.05, 0.1) is 29.7 Å². The van der Waals surface area contributed by atoms with Gasteiger partial charge in [0.2, 0.25) is 11.8 Å². The minimum atomic E-state index is -1.10. The number of anilines is 1. The summed E-state index contributed by atoms with van der Waals surface area (Å²) >= 11 is 6.13. The van der Waals surface area contributed by atoms with Crippen molar-refractivity contribution in [2.24, 2.45) is 11.8 Å². The van der Waals surface area contributed by atoms with Crippen molar-refractivity contribution < 1.29 is 19.4 Å². The van der Waals surface area contributed by atoms with E-state index in [2.05, 4.69) is 0 Å². The van der Waals surface area contributed by atoms with E-state index in [1.807, 2.05) is 6.92 Å². The lowest BCUT2D eigenvalue weighted by molar-refractivity contribution is -0.131. The minimum absolute atomic E-state index is 0.304. The van der Waals surface area contributed by atoms with Crippen molar-refractivity contribution >= 4 is 29.1 Å². The van der Waals surface area contributed by atoms with Gasteiger partial charge in [-0.2, -0.15) is 0 Å². The highest BCUT2D eigenvalue weighted by atomic mass is 35.5. The second kappa shape index (κ2) is 4.44. The topological polar surface area (TPSA) is 66.8 Å². The molecule has 4 rings (SSSR count). The van der Waals surface area contributed by atoms with Gasteiger partial charge >= 0.3 is 0 Å². The predicted molar refractivity (Wildman–Crippen MR) is 84.1 cm³/mol. The Kier molecular flexibility index (Phi) is 2.87. The molecule has 5 nitrogen and oxygen atoms in total. The number of benzene rings is 1. The number of hydrogen-bond donors (Lipinski definition) is 1. The number of carbonyl (C=O) groups excluding carboxylic acids is 2. The number of aliphatic hydroxyl groups is 1. The lowest BCUT2D eigenvalue weighted by atomic mass is 9.73. The van der Waals surface area contributed by atoms with Gasteiger partial charge < -0.3 is 9.84 Å². The Morgan fingerprint density at radius 2 is 1.96 bits per heavy atom. The zero-order valence-electron chi connectivity index (χ0n) is 12.7. The smallest absolute Gasteiger partial charge is 0.241 e. The highest BCUT2D eigenvalue weighted by Crippen LogP contribution is 2.57. The number of hydrogen-bond acceptors (Lipinski definition) is 4. The highest BCUT2D eigenvalue weighted by molar-refractivity contribution is 6.32. The van der Waals surface area contributed by atoms with Crippen molar-refractivity contribution in [1.82, 2.24) is 0 Å². The Hall–Kier alpha value is -1.69. The number of halogens is 1. The third-order valence-corrected chi connectivity index (χ3v) is 5.62. The summed E-state index contributed by atoms with van der Waals surface area (Å²) in [6, 6.07) is 5.11. The standard InChI is InChI=1S/C17H16ClNO4/c1-9-3-4-10(7-11(9)18)19-14(21)12-13(15(19)22)17(8-20)6-5-16(12,2)23-17/h3-7,12-13,20H,8H2,1-2H3/t12-,13+,16-,17+/m1/s1. The summed E-state index contributed by atoms with van der Waals surface area (Å²) in [4.78, 5) is 27.0. The van der Waals surface area contributed by atoms with E-state index in [4.69, 9.17) is 16.3 Å². The SMILES string of the molecule is Cc1ccc(N2C(=O)[C@@H]3[C@H](C2=O)[C@@]2(C)C=C[C@@]3(CO)O2)cc1Cl. The molecule has 1 N–H and O–H groups in total. The molecule has 1 aromatic carbocycles. The Labute approximate surface area is 138 Å². The van der Waals surface area contributed by atoms with Crippen molar-refractivity contribution in [3.63, 3.8) is 0 Å². The van der Waals surface area contributed by atoms with Crippen LogP contribution in [0.5, 0.6) is 0 Å². The molecule has 2 bridgehead atoms. The zero-order valence-corrected chi connectivity index (χ0v) is 13.5. The molecule has 2 saturated heterocycles. The summed E-state index contributed by atoms with van der Waals surface area (Å²) in [7, 11) is 0. The van der Waals surface area contributed by atoms with Crippen LogP contribution >= 0.6 is 11.6 Å². The van der Waals surface area contributed by atoms with E-state index in [1.54, 1.807) is 37.3 Å². The molecule has 2 fully saturated rings. The van der Waals surface area contributed by atoms with Crippen LogP contribution in [0, 0.1) is 18.8 Å². The predicted octanol–water partition coefficient (Wildman–Crippen LogP) is 1.84. The van der Waals surface area contributed by atoms with Crippen LogP contribution in [-0.4, -0.2) is 34.7 Å². The van der Waals surface area contributed by atoms with E-state index in [0.717, 1.165) is 5.56 Å². The summed E-state index contributed by atoms with van der Waals surface area (Å²) in [5, 5.41) is 10.3. The molecule has 0 spiro atoms. The molecule has 23 heavy (non-hydrogen) atoms. The molecule has 0 unspecified atom stereocenters. The fraction of sp³-hybridized carbons (Fsp3) is 0.412. The van der Waals surface area contributed by atoms with Gasteiger partial charge in [0, 0.05) is 5.02 Å². The van der Waals surface area contributed by atoms with Crippen LogP contribution in [-0.2, 0) is 14.3 Å². The molecule has 4 atom stereocenters. The molecule has 6 heteroatoms. The third kappa shape index (κ3) is 1.70. The molecular weight excluding hydrogens is 318 g/mol. The van der Waals surface area contributed by atoms with Gasteiger partial charge in [-0.15, -0.1) is 0 Å². The van der Waals surface area contributed by atoms with E-state index in [9.17, 15) is 14.7 Å². The van der Waals surface area contributed by atoms with Gasteiger partial charge in [0.15, 0.2) is 0 Å². The lowest BCUT2D eigenvalue weighted by Gasteiger charge is -2.27. The van der Waals surface area contributed by atoms with Crippen molar-refractivity contribution in [2.45, 2.75) is 25.0 Å². The summed E-state index contributed by atoms with van der Waals surface area (Å²) in [5.41, 5.74) is -0.627. The first-order valence-corrected chi connectivity index (χ1v) is 7.86. The van der Waals surface area contributed by atoms with Gasteiger partial charge in [0.1, 0.15) is 5.60 Å². The summed E-state index contributed by atoms with van der Waals surface area (Å²) < 4.78 is 5.88. The van der Waals surface area contributed by atoms with Crippen molar-refractivity contribution in [1.29, 1.82) is 0 Å². The van der Waals surface area contributed by atoms with Gasteiger partial charge in [-0.05, 0) is 31.5 Å². The number of nitrogens with zero attached hydrogens (tertiary/aromatic N) is 1. The number of aliphatic hydroxyl groups excluding tert-OH is 1. The van der Waals surface area contributed by atoms with Crippen molar-refractivity contribution in [2.75, 3.05) is 11.5 Å². The van der Waals surface area contributed by atoms with Gasteiger partial charge in [-0.3, -0.25) is 9.59 Å². The van der Waals surface area contributed by atoms with E-state index >= 15 is 0 Å². The first-order chi connectivity index (χ1) is 10.8. The molecule has 0 aliphatic carbocycles. The maximum absolute atomic E-state index is 12.9. The number of ether oxygens (including phenoxy) is 1. The van der Waals surface area contributed by atoms with Crippen LogP contribution in [0.3, 0.4) is 0 Å². The summed E-state index contributed by atoms with van der Waals surface area (Å²) in [6.45, 7) is 3.30. The number of amides is 2. The first kappa shape index (κ1) is 14.9. The molecule has 0 aromatic heterocycles. The quantitative estimate of drug-likeness (QED) is 0.662. The van der Waals surface area contributed by atoms with Crippen LogP contribution in [0.4, 0.5) is 5.69 Å². The summed E-state index contributed by atoms with van der Waals surface area (Å²) in [5.74, 6) is -1.97. The van der Waals surface area contributed by atoms with Gasteiger partial charge in [0.25, 0.3) is 0 Å². The Morgan fingerprint density at radius 1 is 1.26 bits per heavy atom. The maximum Gasteiger partial charge on any atom is 0.241 e. The number of fused-ring (bicyclic) bond motifs is 5. The van der Waals surface area contributed by atoms with Crippen LogP contribution < -0.4 is 4.90 Å². The monoisotopic (exact) mass is 333 g/mol. The molecule has 1 aromatic rings. The largest absolute Gasteiger partial charge is 0.393 e. The second-order valence-corrected chi connectivity index (χ2v) is 7.04. The van der Waals surface area contributed by atoms with Crippen LogP contribution in [0.1, 0.15) is 12.5 Å². The molecular formula is C17H16ClNO4. The second-order valence-electron chi connectivity index (χ2n) is 6.63. The average molecular weight is 334 g/mol. The van der Waals surface area contributed by atoms with Crippen molar-refractivity contribution in [3.05, 3.63) is 40.9 Å². The Morgan fingerprint density at radius 3 is 2.61 bits per heavy atom. The zero-order chi connectivity index (χ0) is 16.6. The van der Waals surface area contributed by atoms with Gasteiger partial charge in [-0.1, -0.05) is 29.8 Å². The molecule has 3 heterocycles. The third-order valence-electron chi connectivity index (χ3n) is 5.22. The molecule has 2 amide bonds. The number of carbonyl (C=O) groups is 2. The Bertz CT molecular complexity index is 776. The van der Waals surface area contributed by atoms with Crippen LogP contribution in [0.25, 0.3) is 0 Å². The molecule has 0 radical (unpaired) electrons. The average Bonchev–Trinajstić information content (AvgIpc) is 3.09. The van der Waals surface area contributed by atoms with E-state index in [-0.39, 0.29) is 18.4 Å². The fourth-order valence-electron chi connectivity index (χ4n) is 4.02. The van der Waals surface area contributed by atoms with E-state index in [1.165, 1.54) is 4.90 Å². The highest BCUT2D eigenvalue weighted by Gasteiger charge is 2.72. The van der Waals surface area contributed by atoms with Gasteiger partial charge in [-0.25, -0.2) is 4.90 Å². The number of aryl methyl sites for hydroxylation is 1. The fourth-order valence-corrected chi connectivity index (χ4v) is 4.19. The maximum atomic E-state index is 12.9. The Balaban J connectivity index is 1.81. The molecule has 3 aliphatic heterocycles. The van der Waals surface area contributed by atoms with E-state index < -0.39 is 23.0 Å². The van der Waals surface area contributed by atoms with Crippen LogP contribution in [0.2, 0.25) is 5.02 Å². The first-order valence-electron chi connectivity index (χ1n) is 7.48.